The number of hydrogen-bond acceptors (Lipinski definition) is 9. The van der Waals surface area contributed by atoms with Gasteiger partial charge in [0.05, 0.1) is 17.7 Å². The second-order valence-corrected chi connectivity index (χ2v) is 8.49. The first-order valence-corrected chi connectivity index (χ1v) is 11.1. The van der Waals surface area contributed by atoms with Crippen LogP contribution in [0.15, 0.2) is 71.8 Å². The third-order valence-corrected chi connectivity index (χ3v) is 5.52. The minimum atomic E-state index is -4.87. The van der Waals surface area contributed by atoms with Crippen LogP contribution in [0.2, 0.25) is 0 Å². The van der Waals surface area contributed by atoms with Crippen LogP contribution in [-0.4, -0.2) is 33.5 Å². The molecule has 0 amide bonds. The monoisotopic (exact) mass is 489 g/mol. The van der Waals surface area contributed by atoms with E-state index in [0.717, 1.165) is 0 Å². The molecule has 0 radical (unpaired) electrons. The molecule has 0 saturated heterocycles. The Hall–Kier alpha value is -1.71. The number of benzene rings is 2. The van der Waals surface area contributed by atoms with E-state index in [-0.39, 0.29) is 73.5 Å². The number of nitrogens with one attached hydrogen (secondary N) is 2. The molecule has 13 heteroatoms. The SMILES string of the molecule is COc1ccc(S(=O)(=O)Nc2cccnc2Nc2ccc(OS(=O)(=O)[O-])cc2)cc1.[K+]. The van der Waals surface area contributed by atoms with Gasteiger partial charge in [-0.3, -0.25) is 4.72 Å². The molecule has 0 unspecified atom stereocenters. The molecule has 1 aromatic heterocycles. The molecular formula is C18H16KN3O7S2. The van der Waals surface area contributed by atoms with E-state index in [1.54, 1.807) is 6.07 Å². The summed E-state index contributed by atoms with van der Waals surface area (Å²) in [6, 6.07) is 14.4. The number of hydrogen-bond donors (Lipinski definition) is 2. The first-order valence-electron chi connectivity index (χ1n) is 8.30. The van der Waals surface area contributed by atoms with Gasteiger partial charge in [-0.25, -0.2) is 21.8 Å². The number of nitrogens with zero attached hydrogens (tertiary/aromatic N) is 1. The van der Waals surface area contributed by atoms with Crippen LogP contribution in [0.3, 0.4) is 0 Å². The largest absolute Gasteiger partial charge is 1.00 e. The van der Waals surface area contributed by atoms with Gasteiger partial charge >= 0.3 is 51.4 Å². The van der Waals surface area contributed by atoms with Crippen molar-refractivity contribution < 1.29 is 81.7 Å². The molecule has 0 spiro atoms. The number of aromatic nitrogens is 1. The summed E-state index contributed by atoms with van der Waals surface area (Å²) < 4.78 is 69.0. The van der Waals surface area contributed by atoms with E-state index in [1.807, 2.05) is 0 Å². The summed E-state index contributed by atoms with van der Waals surface area (Å²) in [6.45, 7) is 0. The van der Waals surface area contributed by atoms with Crippen molar-refractivity contribution in [3.05, 3.63) is 66.9 Å². The molecule has 0 aliphatic carbocycles. The first-order chi connectivity index (χ1) is 14.2. The predicted molar refractivity (Wildman–Crippen MR) is 108 cm³/mol. The smallest absolute Gasteiger partial charge is 0.716 e. The molecule has 0 aliphatic rings. The molecule has 0 aliphatic heterocycles. The van der Waals surface area contributed by atoms with Crippen molar-refractivity contribution in [1.29, 1.82) is 0 Å². The summed E-state index contributed by atoms with van der Waals surface area (Å²) in [5.74, 6) is 0.576. The maximum atomic E-state index is 12.7. The molecule has 3 rings (SSSR count). The van der Waals surface area contributed by atoms with Crippen LogP contribution < -0.4 is 70.3 Å². The first kappa shape index (κ1) is 25.5. The normalized spacial score (nSPS) is 11.2. The van der Waals surface area contributed by atoms with Gasteiger partial charge in [0, 0.05) is 11.9 Å². The van der Waals surface area contributed by atoms with Crippen molar-refractivity contribution in [3.8, 4) is 11.5 Å². The minimum absolute atomic E-state index is 0. The zero-order valence-corrected chi connectivity index (χ0v) is 21.2. The van der Waals surface area contributed by atoms with E-state index < -0.39 is 20.4 Å². The average molecular weight is 490 g/mol. The third kappa shape index (κ3) is 7.43. The second-order valence-electron chi connectivity index (χ2n) is 5.82. The molecular weight excluding hydrogens is 473 g/mol. The standard InChI is InChI=1S/C18H17N3O7S2.K/c1-27-14-8-10-16(11-9-14)29(22,23)21-17-3-2-12-19-18(17)20-13-4-6-15(7-5-13)28-30(24,25)26;/h2-12,21H,1H3,(H,19,20)(H,24,25,26);/q;+1/p-1. The van der Waals surface area contributed by atoms with Gasteiger partial charge in [-0.15, -0.1) is 0 Å². The Bertz CT molecular complexity index is 1230. The molecule has 0 atom stereocenters. The van der Waals surface area contributed by atoms with Crippen molar-refractivity contribution in [2.24, 2.45) is 0 Å². The fourth-order valence-corrected chi connectivity index (χ4v) is 3.81. The molecule has 2 N–H and O–H groups in total. The molecule has 0 saturated carbocycles. The average Bonchev–Trinajstić information content (AvgIpc) is 2.70. The van der Waals surface area contributed by atoms with Gasteiger partial charge in [0.25, 0.3) is 20.4 Å². The number of anilines is 3. The van der Waals surface area contributed by atoms with Crippen molar-refractivity contribution in [3.63, 3.8) is 0 Å². The number of sulfonamides is 1. The van der Waals surface area contributed by atoms with E-state index in [0.29, 0.717) is 11.4 Å². The van der Waals surface area contributed by atoms with E-state index in [4.69, 9.17) is 4.74 Å². The van der Waals surface area contributed by atoms with Gasteiger partial charge in [0.1, 0.15) is 11.5 Å². The molecule has 3 aromatic rings. The van der Waals surface area contributed by atoms with E-state index in [2.05, 4.69) is 19.2 Å². The Morgan fingerprint density at radius 2 is 1.52 bits per heavy atom. The Morgan fingerprint density at radius 1 is 0.903 bits per heavy atom. The zero-order valence-electron chi connectivity index (χ0n) is 16.5. The summed E-state index contributed by atoms with van der Waals surface area (Å²) in [4.78, 5) is 4.17. The number of pyridine rings is 1. The van der Waals surface area contributed by atoms with Crippen molar-refractivity contribution >= 4 is 37.6 Å². The molecule has 31 heavy (non-hydrogen) atoms. The fraction of sp³-hybridized carbons (Fsp3) is 0.0556. The summed E-state index contributed by atoms with van der Waals surface area (Å²) in [5, 5.41) is 2.91. The Balaban J connectivity index is 0.00000341. The number of rotatable bonds is 8. The zero-order chi connectivity index (χ0) is 21.8. The van der Waals surface area contributed by atoms with Crippen molar-refractivity contribution in [2.75, 3.05) is 17.1 Å². The van der Waals surface area contributed by atoms with E-state index in [1.165, 1.54) is 67.9 Å². The van der Waals surface area contributed by atoms with Gasteiger partial charge in [-0.2, -0.15) is 0 Å². The fourth-order valence-electron chi connectivity index (χ4n) is 2.39. The molecule has 1 heterocycles. The summed E-state index contributed by atoms with van der Waals surface area (Å²) in [5.41, 5.74) is 0.644. The van der Waals surface area contributed by atoms with Crippen LogP contribution in [0.25, 0.3) is 0 Å². The summed E-state index contributed by atoms with van der Waals surface area (Å²) in [7, 11) is -7.28. The van der Waals surface area contributed by atoms with E-state index in [9.17, 15) is 21.4 Å². The van der Waals surface area contributed by atoms with Gasteiger partial charge in [0.15, 0.2) is 5.82 Å². The molecule has 0 fully saturated rings. The number of methoxy groups -OCH3 is 1. The summed E-state index contributed by atoms with van der Waals surface area (Å²) >= 11 is 0. The Morgan fingerprint density at radius 3 is 2.10 bits per heavy atom. The third-order valence-electron chi connectivity index (χ3n) is 3.74. The maximum Gasteiger partial charge on any atom is 1.00 e. The van der Waals surface area contributed by atoms with Crippen LogP contribution in [0.4, 0.5) is 17.2 Å². The van der Waals surface area contributed by atoms with Crippen LogP contribution in [0.5, 0.6) is 11.5 Å². The van der Waals surface area contributed by atoms with Gasteiger partial charge < -0.3 is 18.8 Å². The van der Waals surface area contributed by atoms with Gasteiger partial charge in [0.2, 0.25) is 0 Å². The van der Waals surface area contributed by atoms with Crippen LogP contribution in [0.1, 0.15) is 0 Å². The number of ether oxygens (including phenoxy) is 1. The topological polar surface area (TPSA) is 147 Å². The minimum Gasteiger partial charge on any atom is -0.716 e. The predicted octanol–water partition coefficient (Wildman–Crippen LogP) is -0.522. The van der Waals surface area contributed by atoms with Crippen molar-refractivity contribution in [1.82, 2.24) is 4.98 Å². The second kappa shape index (κ2) is 10.7. The quantitative estimate of drug-likeness (QED) is 0.242. The van der Waals surface area contributed by atoms with Crippen molar-refractivity contribution in [2.45, 2.75) is 4.90 Å². The summed E-state index contributed by atoms with van der Waals surface area (Å²) in [6.07, 6.45) is 1.47. The van der Waals surface area contributed by atoms with E-state index >= 15 is 0 Å². The van der Waals surface area contributed by atoms with Crippen LogP contribution >= 0.6 is 0 Å². The van der Waals surface area contributed by atoms with Crippen LogP contribution in [-0.2, 0) is 20.4 Å². The molecule has 2 aromatic carbocycles. The Kier molecular flexibility index (Phi) is 8.85. The molecule has 0 bridgehead atoms. The molecule has 158 valence electrons. The maximum absolute atomic E-state index is 12.7. The van der Waals surface area contributed by atoms with Gasteiger partial charge in [-0.1, -0.05) is 0 Å². The van der Waals surface area contributed by atoms with Crippen LogP contribution in [0, 0.1) is 0 Å². The van der Waals surface area contributed by atoms with Gasteiger partial charge in [-0.05, 0) is 60.7 Å². The molecule has 10 nitrogen and oxygen atoms in total. The Labute approximate surface area is 222 Å².